The van der Waals surface area contributed by atoms with Gasteiger partial charge in [0, 0.05) is 13.5 Å². The fourth-order valence-corrected chi connectivity index (χ4v) is 1.15. The fourth-order valence-electron chi connectivity index (χ4n) is 0.944. The molecule has 0 unspecified atom stereocenters. The zero-order chi connectivity index (χ0) is 11.1. The van der Waals surface area contributed by atoms with Gasteiger partial charge in [-0.15, -0.1) is 0 Å². The molecule has 0 aromatic carbocycles. The van der Waals surface area contributed by atoms with E-state index in [0.717, 1.165) is 16.7 Å². The van der Waals surface area contributed by atoms with Crippen molar-refractivity contribution in [3.63, 3.8) is 0 Å². The van der Waals surface area contributed by atoms with Gasteiger partial charge in [-0.25, -0.2) is 4.98 Å². The molecule has 1 amide bonds. The van der Waals surface area contributed by atoms with Gasteiger partial charge < -0.3 is 5.32 Å². The molecular weight excluding hydrogens is 258 g/mol. The van der Waals surface area contributed by atoms with E-state index >= 15 is 0 Å². The van der Waals surface area contributed by atoms with Crippen LogP contribution >= 0.6 is 15.9 Å². The summed E-state index contributed by atoms with van der Waals surface area (Å²) >= 11 is 3.21. The van der Waals surface area contributed by atoms with Gasteiger partial charge in [0.15, 0.2) is 0 Å². The predicted octanol–water partition coefficient (Wildman–Crippen LogP) is 1.78. The summed E-state index contributed by atoms with van der Waals surface area (Å²) < 4.78 is 0.720. The van der Waals surface area contributed by atoms with Crippen molar-refractivity contribution in [2.75, 3.05) is 6.54 Å². The van der Waals surface area contributed by atoms with Gasteiger partial charge in [-0.1, -0.05) is 6.08 Å². The highest BCUT2D eigenvalue weighted by atomic mass is 79.9. The largest absolute Gasteiger partial charge is 0.356 e. The number of nitrogens with one attached hydrogen (secondary N) is 1. The lowest BCUT2D eigenvalue weighted by Gasteiger charge is -1.96. The zero-order valence-electron chi connectivity index (χ0n) is 8.40. The highest BCUT2D eigenvalue weighted by molar-refractivity contribution is 9.10. The lowest BCUT2D eigenvalue weighted by molar-refractivity contribution is -0.118. The summed E-state index contributed by atoms with van der Waals surface area (Å²) in [4.78, 5) is 18.7. The number of halogens is 1. The van der Waals surface area contributed by atoms with Crippen molar-refractivity contribution in [1.29, 1.82) is 0 Å². The number of carbonyl (C=O) groups is 1. The maximum Gasteiger partial charge on any atom is 0.216 e. The molecule has 1 rings (SSSR count). The van der Waals surface area contributed by atoms with E-state index in [1.807, 2.05) is 12.2 Å². The fraction of sp³-hybridized carbons (Fsp3) is 0.300. The molecule has 0 saturated heterocycles. The minimum absolute atomic E-state index is 0.00756. The molecule has 15 heavy (non-hydrogen) atoms. The molecule has 80 valence electrons. The third-order valence-electron chi connectivity index (χ3n) is 1.61. The van der Waals surface area contributed by atoms with Gasteiger partial charge in [0.25, 0.3) is 0 Å². The Labute approximate surface area is 96.9 Å². The Bertz CT molecular complexity index is 348. The van der Waals surface area contributed by atoms with Gasteiger partial charge in [-0.2, -0.15) is 0 Å². The molecular formula is C10H12BrN3O. The first-order valence-corrected chi connectivity index (χ1v) is 5.36. The second-order valence-electron chi connectivity index (χ2n) is 2.94. The Morgan fingerprint density at radius 1 is 1.53 bits per heavy atom. The van der Waals surface area contributed by atoms with Crippen LogP contribution in [0.3, 0.4) is 0 Å². The first kappa shape index (κ1) is 11.8. The molecule has 1 aromatic rings. The number of amides is 1. The van der Waals surface area contributed by atoms with Crippen LogP contribution in [0.2, 0.25) is 0 Å². The first-order chi connectivity index (χ1) is 7.18. The van der Waals surface area contributed by atoms with E-state index in [1.165, 1.54) is 6.92 Å². The Balaban J connectivity index is 2.32. The Hall–Kier alpha value is -1.23. The average molecular weight is 270 g/mol. The monoisotopic (exact) mass is 269 g/mol. The Morgan fingerprint density at radius 2 is 2.33 bits per heavy atom. The van der Waals surface area contributed by atoms with Crippen molar-refractivity contribution in [3.05, 3.63) is 28.8 Å². The molecule has 0 aliphatic rings. The summed E-state index contributed by atoms with van der Waals surface area (Å²) in [5.74, 6) is -0.00756. The molecule has 5 heteroatoms. The van der Waals surface area contributed by atoms with Crippen molar-refractivity contribution in [2.45, 2.75) is 13.3 Å². The number of rotatable bonds is 4. The van der Waals surface area contributed by atoms with Crippen LogP contribution in [0.25, 0.3) is 6.08 Å². The summed E-state index contributed by atoms with van der Waals surface area (Å²) in [6.07, 6.45) is 7.94. The standard InChI is InChI=1S/C10H12BrN3O/c1-8(15)12-5-3-2-4-9-6-14-10(11)7-13-9/h2,4,6-7H,3,5H2,1H3,(H,12,15). The lowest BCUT2D eigenvalue weighted by atomic mass is 10.3. The van der Waals surface area contributed by atoms with Crippen molar-refractivity contribution in [3.8, 4) is 0 Å². The number of carbonyl (C=O) groups excluding carboxylic acids is 1. The van der Waals surface area contributed by atoms with Gasteiger partial charge in [0.2, 0.25) is 5.91 Å². The summed E-state index contributed by atoms with van der Waals surface area (Å²) in [5.41, 5.74) is 0.807. The third-order valence-corrected chi connectivity index (χ3v) is 2.02. The van der Waals surface area contributed by atoms with E-state index in [2.05, 4.69) is 31.2 Å². The number of aromatic nitrogens is 2. The molecule has 0 radical (unpaired) electrons. The van der Waals surface area contributed by atoms with Crippen LogP contribution in [0.15, 0.2) is 23.1 Å². The molecule has 0 atom stereocenters. The molecule has 0 bridgehead atoms. The molecule has 4 nitrogen and oxygen atoms in total. The average Bonchev–Trinajstić information content (AvgIpc) is 2.20. The predicted molar refractivity (Wildman–Crippen MR) is 62.1 cm³/mol. The van der Waals surface area contributed by atoms with Gasteiger partial charge in [-0.05, 0) is 28.4 Å². The van der Waals surface area contributed by atoms with Crippen molar-refractivity contribution in [1.82, 2.24) is 15.3 Å². The highest BCUT2D eigenvalue weighted by Crippen LogP contribution is 2.03. The molecule has 0 aliphatic carbocycles. The molecule has 0 spiro atoms. The SMILES string of the molecule is CC(=O)NCCC=Cc1cnc(Br)cn1. The van der Waals surface area contributed by atoms with Gasteiger partial charge in [0.1, 0.15) is 4.60 Å². The van der Waals surface area contributed by atoms with Crippen LogP contribution in [0, 0.1) is 0 Å². The molecule has 1 heterocycles. The van der Waals surface area contributed by atoms with E-state index in [4.69, 9.17) is 0 Å². The van der Waals surface area contributed by atoms with Gasteiger partial charge in [0.05, 0.1) is 18.1 Å². The molecule has 0 aliphatic heterocycles. The van der Waals surface area contributed by atoms with E-state index in [1.54, 1.807) is 12.4 Å². The third kappa shape index (κ3) is 5.27. The first-order valence-electron chi connectivity index (χ1n) is 4.57. The minimum Gasteiger partial charge on any atom is -0.356 e. The van der Waals surface area contributed by atoms with Gasteiger partial charge >= 0.3 is 0 Å². The van der Waals surface area contributed by atoms with E-state index in [-0.39, 0.29) is 5.91 Å². The summed E-state index contributed by atoms with van der Waals surface area (Å²) in [6, 6.07) is 0. The van der Waals surface area contributed by atoms with Crippen molar-refractivity contribution in [2.24, 2.45) is 0 Å². The second-order valence-corrected chi connectivity index (χ2v) is 3.75. The van der Waals surface area contributed by atoms with Crippen LogP contribution in [-0.2, 0) is 4.79 Å². The number of hydrogen-bond acceptors (Lipinski definition) is 3. The zero-order valence-corrected chi connectivity index (χ0v) is 9.99. The maximum atomic E-state index is 10.6. The van der Waals surface area contributed by atoms with E-state index in [9.17, 15) is 4.79 Å². The quantitative estimate of drug-likeness (QED) is 0.848. The number of hydrogen-bond donors (Lipinski definition) is 1. The molecule has 1 N–H and O–H groups in total. The van der Waals surface area contributed by atoms with Crippen molar-refractivity contribution >= 4 is 27.9 Å². The molecule has 0 fully saturated rings. The van der Waals surface area contributed by atoms with Crippen LogP contribution in [0.5, 0.6) is 0 Å². The van der Waals surface area contributed by atoms with Gasteiger partial charge in [-0.3, -0.25) is 9.78 Å². The van der Waals surface area contributed by atoms with Crippen molar-refractivity contribution < 1.29 is 4.79 Å². The molecule has 1 aromatic heterocycles. The van der Waals surface area contributed by atoms with Crippen LogP contribution < -0.4 is 5.32 Å². The topological polar surface area (TPSA) is 54.9 Å². The normalized spacial score (nSPS) is 10.5. The Kier molecular flexibility index (Phi) is 4.97. The summed E-state index contributed by atoms with van der Waals surface area (Å²) in [5, 5.41) is 2.71. The second kappa shape index (κ2) is 6.29. The lowest BCUT2D eigenvalue weighted by Crippen LogP contribution is -2.20. The van der Waals surface area contributed by atoms with Crippen LogP contribution in [-0.4, -0.2) is 22.4 Å². The van der Waals surface area contributed by atoms with E-state index < -0.39 is 0 Å². The van der Waals surface area contributed by atoms with Crippen LogP contribution in [0.4, 0.5) is 0 Å². The Morgan fingerprint density at radius 3 is 2.93 bits per heavy atom. The smallest absolute Gasteiger partial charge is 0.216 e. The molecule has 0 saturated carbocycles. The summed E-state index contributed by atoms with van der Waals surface area (Å²) in [6.45, 7) is 2.15. The van der Waals surface area contributed by atoms with E-state index in [0.29, 0.717) is 6.54 Å². The maximum absolute atomic E-state index is 10.6. The summed E-state index contributed by atoms with van der Waals surface area (Å²) in [7, 11) is 0. The number of nitrogens with zero attached hydrogens (tertiary/aromatic N) is 2. The minimum atomic E-state index is -0.00756. The highest BCUT2D eigenvalue weighted by Gasteiger charge is 1.90. The van der Waals surface area contributed by atoms with Crippen LogP contribution in [0.1, 0.15) is 19.0 Å².